The fourth-order valence-electron chi connectivity index (χ4n) is 2.00. The number of anilines is 2. The lowest BCUT2D eigenvalue weighted by Gasteiger charge is -2.28. The predicted molar refractivity (Wildman–Crippen MR) is 63.2 cm³/mol. The zero-order valence-electron chi connectivity index (χ0n) is 9.73. The maximum absolute atomic E-state index is 5.60. The number of ether oxygens (including phenoxy) is 1. The highest BCUT2D eigenvalue weighted by molar-refractivity contribution is 5.41. The Kier molecular flexibility index (Phi) is 3.24. The summed E-state index contributed by atoms with van der Waals surface area (Å²) in [5.41, 5.74) is 6.49. The van der Waals surface area contributed by atoms with Crippen LogP contribution in [-0.4, -0.2) is 28.7 Å². The number of nitrogens with zero attached hydrogens (tertiary/aromatic N) is 2. The summed E-state index contributed by atoms with van der Waals surface area (Å²) in [5.74, 6) is 1.13. The van der Waals surface area contributed by atoms with Crippen molar-refractivity contribution in [3.8, 4) is 0 Å². The summed E-state index contributed by atoms with van der Waals surface area (Å²) in [6, 6.07) is 2.33. The van der Waals surface area contributed by atoms with Crippen LogP contribution in [0.15, 0.2) is 6.07 Å². The fourth-order valence-corrected chi connectivity index (χ4v) is 2.00. The maximum atomic E-state index is 5.60. The van der Waals surface area contributed by atoms with Gasteiger partial charge in [0.15, 0.2) is 0 Å². The second-order valence-corrected chi connectivity index (χ2v) is 4.30. The highest BCUT2D eigenvalue weighted by Gasteiger charge is 2.19. The third kappa shape index (κ3) is 2.82. The summed E-state index contributed by atoms with van der Waals surface area (Å²) >= 11 is 0. The van der Waals surface area contributed by atoms with E-state index < -0.39 is 0 Å². The number of hydrogen-bond donors (Lipinski definition) is 2. The van der Waals surface area contributed by atoms with E-state index in [0.717, 1.165) is 31.0 Å². The number of aryl methyl sites for hydroxylation is 1. The molecule has 2 rings (SSSR count). The first kappa shape index (κ1) is 11.1. The molecule has 1 fully saturated rings. The largest absolute Gasteiger partial charge is 0.378 e. The van der Waals surface area contributed by atoms with Crippen LogP contribution in [0.1, 0.15) is 25.5 Å². The zero-order valence-corrected chi connectivity index (χ0v) is 9.73. The van der Waals surface area contributed by atoms with E-state index in [1.807, 2.05) is 13.0 Å². The van der Waals surface area contributed by atoms with E-state index in [1.165, 1.54) is 0 Å². The maximum Gasteiger partial charge on any atom is 0.222 e. The van der Waals surface area contributed by atoms with E-state index >= 15 is 0 Å². The van der Waals surface area contributed by atoms with Gasteiger partial charge in [-0.2, -0.15) is 4.98 Å². The van der Waals surface area contributed by atoms with Crippen LogP contribution >= 0.6 is 0 Å². The summed E-state index contributed by atoms with van der Waals surface area (Å²) < 4.78 is 5.50. The molecule has 0 spiro atoms. The van der Waals surface area contributed by atoms with Crippen molar-refractivity contribution in [1.82, 2.24) is 9.97 Å². The molecule has 0 aromatic carbocycles. The molecule has 88 valence electrons. The van der Waals surface area contributed by atoms with Crippen LogP contribution in [0.5, 0.6) is 0 Å². The van der Waals surface area contributed by atoms with Gasteiger partial charge in [-0.15, -0.1) is 0 Å². The van der Waals surface area contributed by atoms with Gasteiger partial charge in [0.05, 0.1) is 6.10 Å². The second-order valence-electron chi connectivity index (χ2n) is 4.30. The van der Waals surface area contributed by atoms with E-state index in [1.54, 1.807) is 0 Å². The first-order chi connectivity index (χ1) is 7.63. The zero-order chi connectivity index (χ0) is 11.5. The molecule has 3 N–H and O–H groups in total. The van der Waals surface area contributed by atoms with Crippen molar-refractivity contribution in [1.29, 1.82) is 0 Å². The first-order valence-corrected chi connectivity index (χ1v) is 5.63. The van der Waals surface area contributed by atoms with E-state index in [-0.39, 0.29) is 0 Å². The molecule has 0 amide bonds. The van der Waals surface area contributed by atoms with Crippen molar-refractivity contribution in [2.45, 2.75) is 38.8 Å². The standard InChI is InChI=1S/C11H18N4O/c1-7-5-10(15-11(12)13-7)14-9-3-4-16-8(2)6-9/h5,8-9H,3-4,6H2,1-2H3,(H3,12,13,14,15). The number of nitrogen functional groups attached to an aromatic ring is 1. The average Bonchev–Trinajstić information content (AvgIpc) is 2.15. The van der Waals surface area contributed by atoms with Gasteiger partial charge in [-0.3, -0.25) is 0 Å². The van der Waals surface area contributed by atoms with Gasteiger partial charge in [0.2, 0.25) is 5.95 Å². The van der Waals surface area contributed by atoms with Crippen LogP contribution in [0.4, 0.5) is 11.8 Å². The topological polar surface area (TPSA) is 73.1 Å². The SMILES string of the molecule is Cc1cc(NC2CCOC(C)C2)nc(N)n1. The molecule has 1 aliphatic rings. The van der Waals surface area contributed by atoms with Crippen LogP contribution in [0.2, 0.25) is 0 Å². The van der Waals surface area contributed by atoms with Crippen molar-refractivity contribution < 1.29 is 4.74 Å². The molecule has 2 unspecified atom stereocenters. The summed E-state index contributed by atoms with van der Waals surface area (Å²) in [6.45, 7) is 4.81. The molecular formula is C11H18N4O. The third-order valence-corrected chi connectivity index (χ3v) is 2.71. The fraction of sp³-hybridized carbons (Fsp3) is 0.636. The van der Waals surface area contributed by atoms with Crippen LogP contribution in [0.3, 0.4) is 0 Å². The normalized spacial score (nSPS) is 25.4. The lowest BCUT2D eigenvalue weighted by Crippen LogP contribution is -2.32. The number of hydrogen-bond acceptors (Lipinski definition) is 5. The molecule has 0 radical (unpaired) electrons. The number of nitrogens with two attached hydrogens (primary N) is 1. The molecule has 0 aliphatic carbocycles. The Morgan fingerprint density at radius 1 is 1.50 bits per heavy atom. The minimum Gasteiger partial charge on any atom is -0.378 e. The molecule has 0 saturated carbocycles. The minimum absolute atomic E-state index is 0.312. The highest BCUT2D eigenvalue weighted by Crippen LogP contribution is 2.18. The van der Waals surface area contributed by atoms with E-state index in [4.69, 9.17) is 10.5 Å². The molecule has 5 heteroatoms. The van der Waals surface area contributed by atoms with Crippen molar-refractivity contribution in [2.24, 2.45) is 0 Å². The summed E-state index contributed by atoms with van der Waals surface area (Å²) in [5, 5.41) is 3.38. The lowest BCUT2D eigenvalue weighted by molar-refractivity contribution is 0.0232. The Labute approximate surface area is 95.4 Å². The molecule has 2 heterocycles. The van der Waals surface area contributed by atoms with Gasteiger partial charge in [0, 0.05) is 24.4 Å². The summed E-state index contributed by atoms with van der Waals surface area (Å²) in [6.07, 6.45) is 2.32. The smallest absolute Gasteiger partial charge is 0.222 e. The average molecular weight is 222 g/mol. The monoisotopic (exact) mass is 222 g/mol. The Morgan fingerprint density at radius 2 is 2.31 bits per heavy atom. The molecule has 5 nitrogen and oxygen atoms in total. The highest BCUT2D eigenvalue weighted by atomic mass is 16.5. The van der Waals surface area contributed by atoms with Gasteiger partial charge in [-0.1, -0.05) is 0 Å². The number of nitrogens with one attached hydrogen (secondary N) is 1. The number of aromatic nitrogens is 2. The molecular weight excluding hydrogens is 204 g/mol. The Bertz CT molecular complexity index is 349. The lowest BCUT2D eigenvalue weighted by atomic mass is 10.0. The molecule has 0 bridgehead atoms. The molecule has 1 aromatic heterocycles. The quantitative estimate of drug-likeness (QED) is 0.790. The predicted octanol–water partition coefficient (Wildman–Crippen LogP) is 1.35. The molecule has 16 heavy (non-hydrogen) atoms. The minimum atomic E-state index is 0.312. The first-order valence-electron chi connectivity index (χ1n) is 5.63. The second kappa shape index (κ2) is 4.65. The van der Waals surface area contributed by atoms with Crippen molar-refractivity contribution >= 4 is 11.8 Å². The van der Waals surface area contributed by atoms with Crippen LogP contribution in [0, 0.1) is 6.92 Å². The van der Waals surface area contributed by atoms with E-state index in [2.05, 4.69) is 22.2 Å². The van der Waals surface area contributed by atoms with Gasteiger partial charge in [-0.25, -0.2) is 4.98 Å². The number of rotatable bonds is 2. The van der Waals surface area contributed by atoms with Gasteiger partial charge in [0.1, 0.15) is 5.82 Å². The molecule has 1 aromatic rings. The van der Waals surface area contributed by atoms with Gasteiger partial charge < -0.3 is 15.8 Å². The van der Waals surface area contributed by atoms with Crippen molar-refractivity contribution in [3.63, 3.8) is 0 Å². The van der Waals surface area contributed by atoms with E-state index in [9.17, 15) is 0 Å². The van der Waals surface area contributed by atoms with Crippen molar-refractivity contribution in [3.05, 3.63) is 11.8 Å². The summed E-state index contributed by atoms with van der Waals surface area (Å²) in [4.78, 5) is 8.21. The van der Waals surface area contributed by atoms with Crippen LogP contribution in [0.25, 0.3) is 0 Å². The van der Waals surface area contributed by atoms with Gasteiger partial charge in [0.25, 0.3) is 0 Å². The van der Waals surface area contributed by atoms with E-state index in [0.29, 0.717) is 18.1 Å². The summed E-state index contributed by atoms with van der Waals surface area (Å²) in [7, 11) is 0. The van der Waals surface area contributed by atoms with Gasteiger partial charge >= 0.3 is 0 Å². The Hall–Kier alpha value is -1.36. The molecule has 1 aliphatic heterocycles. The Morgan fingerprint density at radius 3 is 3.00 bits per heavy atom. The molecule has 1 saturated heterocycles. The van der Waals surface area contributed by atoms with Crippen LogP contribution in [-0.2, 0) is 4.74 Å². The third-order valence-electron chi connectivity index (χ3n) is 2.71. The van der Waals surface area contributed by atoms with Crippen molar-refractivity contribution in [2.75, 3.05) is 17.7 Å². The van der Waals surface area contributed by atoms with Gasteiger partial charge in [-0.05, 0) is 26.7 Å². The Balaban J connectivity index is 2.02. The van der Waals surface area contributed by atoms with Crippen LogP contribution < -0.4 is 11.1 Å². The molecule has 2 atom stereocenters.